The van der Waals surface area contributed by atoms with Crippen LogP contribution < -0.4 is 9.80 Å². The van der Waals surface area contributed by atoms with Crippen molar-refractivity contribution in [2.24, 2.45) is 0 Å². The van der Waals surface area contributed by atoms with Gasteiger partial charge in [0.2, 0.25) is 0 Å². The van der Waals surface area contributed by atoms with Gasteiger partial charge in [-0.05, 0) is 135 Å². The van der Waals surface area contributed by atoms with Gasteiger partial charge < -0.3 is 9.80 Å². The van der Waals surface area contributed by atoms with Gasteiger partial charge in [0.05, 0.1) is 11.4 Å². The Morgan fingerprint density at radius 3 is 1.53 bits per heavy atom. The van der Waals surface area contributed by atoms with E-state index in [1.54, 1.807) is 0 Å². The molecule has 66 heavy (non-hydrogen) atoms. The molecule has 2 nitrogen and oxygen atoms in total. The number of hydrogen-bond donors (Lipinski definition) is 0. The van der Waals surface area contributed by atoms with E-state index in [1.165, 1.54) is 60.6 Å². The van der Waals surface area contributed by atoms with Gasteiger partial charge in [0.15, 0.2) is 0 Å². The minimum atomic E-state index is 1.06. The minimum Gasteiger partial charge on any atom is -0.310 e. The van der Waals surface area contributed by atoms with E-state index in [-0.39, 0.29) is 0 Å². The van der Waals surface area contributed by atoms with Crippen molar-refractivity contribution in [2.45, 2.75) is 26.7 Å². The van der Waals surface area contributed by atoms with E-state index in [0.717, 1.165) is 52.4 Å². The Bertz CT molecular complexity index is 3290. The SMILES string of the molecule is C1=Cc2c(cccc2N(c2ccc(-c3ccccc3)cc2)c2ccc3cc(/C=C/c4ccc(N(c5ccc(-c6ccccc6)cc5)c5cccc6ccccc56)cc4)ccc3c2)CC1.CC. The van der Waals surface area contributed by atoms with Crippen LogP contribution in [0.1, 0.15) is 42.5 Å². The third kappa shape index (κ3) is 8.70. The maximum absolute atomic E-state index is 2.42. The molecule has 2 heteroatoms. The third-order valence-electron chi connectivity index (χ3n) is 12.5. The molecule has 0 saturated carbocycles. The van der Waals surface area contributed by atoms with Gasteiger partial charge in [-0.25, -0.2) is 0 Å². The van der Waals surface area contributed by atoms with Crippen LogP contribution in [0.15, 0.2) is 237 Å². The fourth-order valence-electron chi connectivity index (χ4n) is 9.19. The zero-order valence-corrected chi connectivity index (χ0v) is 37.6. The highest BCUT2D eigenvalue weighted by Gasteiger charge is 2.20. The van der Waals surface area contributed by atoms with Crippen LogP contribution in [0.4, 0.5) is 34.1 Å². The highest BCUT2D eigenvalue weighted by molar-refractivity contribution is 5.99. The van der Waals surface area contributed by atoms with Crippen LogP contribution in [-0.4, -0.2) is 0 Å². The molecule has 0 amide bonds. The molecule has 0 aliphatic heterocycles. The van der Waals surface area contributed by atoms with Crippen molar-refractivity contribution in [1.82, 2.24) is 0 Å². The average molecular weight is 849 g/mol. The first-order valence-corrected chi connectivity index (χ1v) is 23.2. The topological polar surface area (TPSA) is 6.48 Å². The molecule has 1 aliphatic rings. The molecular weight excluding hydrogens is 797 g/mol. The number of allylic oxidation sites excluding steroid dienone is 1. The van der Waals surface area contributed by atoms with Gasteiger partial charge in [0, 0.05) is 33.7 Å². The molecule has 0 spiro atoms. The van der Waals surface area contributed by atoms with Crippen molar-refractivity contribution in [1.29, 1.82) is 0 Å². The fourth-order valence-corrected chi connectivity index (χ4v) is 9.19. The molecule has 10 aromatic rings. The Morgan fingerprint density at radius 1 is 0.364 bits per heavy atom. The van der Waals surface area contributed by atoms with Crippen molar-refractivity contribution >= 4 is 73.9 Å². The Balaban J connectivity index is 0.00000252. The van der Waals surface area contributed by atoms with E-state index in [2.05, 4.69) is 265 Å². The van der Waals surface area contributed by atoms with Gasteiger partial charge in [-0.1, -0.05) is 202 Å². The second kappa shape index (κ2) is 19.3. The standard InChI is InChI=1S/C62H46N2.C2H6/c1-3-13-47(14-4-1)49-31-38-56(39-32-49)63(61-23-11-19-51-17-7-9-21-59(51)61)55-36-28-45(29-37-55)25-26-46-27-30-54-44-58(42-35-53(54)43-46)64(62-24-12-20-52-18-8-10-22-60(52)62)57-40-33-50(34-41-57)48-15-5-2-6-16-48;1-2/h1-7,9-17,19-44H,8,18H2;1-2H3/b26-25+;. The van der Waals surface area contributed by atoms with E-state index in [9.17, 15) is 0 Å². The molecule has 1 aliphatic carbocycles. The summed E-state index contributed by atoms with van der Waals surface area (Å²) in [4.78, 5) is 4.79. The summed E-state index contributed by atoms with van der Waals surface area (Å²) in [6, 6.07) is 83.5. The molecule has 0 heterocycles. The number of rotatable bonds is 10. The maximum Gasteiger partial charge on any atom is 0.0540 e. The Morgan fingerprint density at radius 2 is 0.848 bits per heavy atom. The monoisotopic (exact) mass is 848 g/mol. The summed E-state index contributed by atoms with van der Waals surface area (Å²) in [6.07, 6.45) is 11.2. The Kier molecular flexibility index (Phi) is 12.2. The molecule has 0 aromatic heterocycles. The lowest BCUT2D eigenvalue weighted by Crippen LogP contribution is -2.13. The van der Waals surface area contributed by atoms with Crippen molar-refractivity contribution in [2.75, 3.05) is 9.80 Å². The second-order valence-corrected chi connectivity index (χ2v) is 16.5. The van der Waals surface area contributed by atoms with Crippen molar-refractivity contribution in [3.05, 3.63) is 259 Å². The van der Waals surface area contributed by atoms with E-state index >= 15 is 0 Å². The number of aryl methyl sites for hydroxylation is 1. The lowest BCUT2D eigenvalue weighted by atomic mass is 9.94. The van der Waals surface area contributed by atoms with Crippen molar-refractivity contribution in [3.8, 4) is 22.3 Å². The number of nitrogens with zero attached hydrogens (tertiary/aromatic N) is 2. The molecule has 0 unspecified atom stereocenters. The average Bonchev–Trinajstić information content (AvgIpc) is 3.40. The number of anilines is 6. The highest BCUT2D eigenvalue weighted by atomic mass is 15.1. The van der Waals surface area contributed by atoms with Gasteiger partial charge in [0.25, 0.3) is 0 Å². The molecule has 10 aromatic carbocycles. The second-order valence-electron chi connectivity index (χ2n) is 16.5. The zero-order chi connectivity index (χ0) is 44.7. The van der Waals surface area contributed by atoms with Crippen LogP contribution >= 0.6 is 0 Å². The predicted octanol–water partition coefficient (Wildman–Crippen LogP) is 18.4. The summed E-state index contributed by atoms with van der Waals surface area (Å²) in [5.74, 6) is 0. The van der Waals surface area contributed by atoms with E-state index in [4.69, 9.17) is 0 Å². The normalized spacial score (nSPS) is 11.8. The summed E-state index contributed by atoms with van der Waals surface area (Å²) in [5, 5.41) is 4.84. The maximum atomic E-state index is 2.42. The molecular formula is C64H52N2. The van der Waals surface area contributed by atoms with Crippen molar-refractivity contribution in [3.63, 3.8) is 0 Å². The molecule has 318 valence electrons. The van der Waals surface area contributed by atoms with Gasteiger partial charge >= 0.3 is 0 Å². The summed E-state index contributed by atoms with van der Waals surface area (Å²) in [7, 11) is 0. The molecule has 0 fully saturated rings. The van der Waals surface area contributed by atoms with Gasteiger partial charge in [-0.15, -0.1) is 0 Å². The highest BCUT2D eigenvalue weighted by Crippen LogP contribution is 2.42. The lowest BCUT2D eigenvalue weighted by molar-refractivity contribution is 0.984. The van der Waals surface area contributed by atoms with Crippen LogP contribution in [0.25, 0.3) is 62.0 Å². The van der Waals surface area contributed by atoms with Gasteiger partial charge in [0.1, 0.15) is 0 Å². The molecule has 0 saturated heterocycles. The molecule has 0 N–H and O–H groups in total. The zero-order valence-electron chi connectivity index (χ0n) is 37.6. The lowest BCUT2D eigenvalue weighted by Gasteiger charge is -2.29. The van der Waals surface area contributed by atoms with Crippen LogP contribution in [-0.2, 0) is 6.42 Å². The first kappa shape index (κ1) is 41.8. The summed E-state index contributed by atoms with van der Waals surface area (Å²) >= 11 is 0. The molecule has 11 rings (SSSR count). The Labute approximate surface area is 389 Å². The van der Waals surface area contributed by atoms with Crippen LogP contribution in [0.3, 0.4) is 0 Å². The van der Waals surface area contributed by atoms with Crippen LogP contribution in [0.5, 0.6) is 0 Å². The van der Waals surface area contributed by atoms with Gasteiger partial charge in [-0.2, -0.15) is 0 Å². The number of benzene rings is 10. The smallest absolute Gasteiger partial charge is 0.0540 e. The number of hydrogen-bond acceptors (Lipinski definition) is 2. The van der Waals surface area contributed by atoms with E-state index in [1.807, 2.05) is 13.8 Å². The summed E-state index contributed by atoms with van der Waals surface area (Å²) in [5.41, 5.74) is 16.7. The van der Waals surface area contributed by atoms with Crippen LogP contribution in [0, 0.1) is 0 Å². The fraction of sp³-hybridized carbons (Fsp3) is 0.0625. The predicted molar refractivity (Wildman–Crippen MR) is 286 cm³/mol. The third-order valence-corrected chi connectivity index (χ3v) is 12.5. The summed E-state index contributed by atoms with van der Waals surface area (Å²) < 4.78 is 0. The quantitative estimate of drug-likeness (QED) is 0.127. The largest absolute Gasteiger partial charge is 0.310 e. The first-order valence-electron chi connectivity index (χ1n) is 23.2. The Hall–Kier alpha value is -8.20. The van der Waals surface area contributed by atoms with Crippen LogP contribution in [0.2, 0.25) is 0 Å². The minimum absolute atomic E-state index is 1.06. The molecule has 0 atom stereocenters. The van der Waals surface area contributed by atoms with Gasteiger partial charge in [-0.3, -0.25) is 0 Å². The van der Waals surface area contributed by atoms with E-state index < -0.39 is 0 Å². The van der Waals surface area contributed by atoms with Crippen molar-refractivity contribution < 1.29 is 0 Å². The summed E-state index contributed by atoms with van der Waals surface area (Å²) in [6.45, 7) is 4.00. The molecule has 0 bridgehead atoms. The number of fused-ring (bicyclic) bond motifs is 3. The molecule has 0 radical (unpaired) electrons. The van der Waals surface area contributed by atoms with E-state index in [0.29, 0.717) is 0 Å². The first-order chi connectivity index (χ1) is 32.7.